The summed E-state index contributed by atoms with van der Waals surface area (Å²) in [5.41, 5.74) is 4.45. The molecule has 0 saturated heterocycles. The minimum Gasteiger partial charge on any atom is -0.492 e. The molecule has 7 nitrogen and oxygen atoms in total. The first-order valence-corrected chi connectivity index (χ1v) is 14.5. The fraction of sp³-hybridized carbons (Fsp3) is 0.250. The Labute approximate surface area is 253 Å². The zero-order valence-corrected chi connectivity index (χ0v) is 24.9. The number of ether oxygens (including phenoxy) is 2. The van der Waals surface area contributed by atoms with Crippen molar-refractivity contribution in [2.24, 2.45) is 0 Å². The van der Waals surface area contributed by atoms with Crippen LogP contribution < -0.4 is 15.0 Å². The van der Waals surface area contributed by atoms with Gasteiger partial charge in [0.1, 0.15) is 18.4 Å². The number of ketones is 1. The fourth-order valence-electron chi connectivity index (χ4n) is 4.83. The Morgan fingerprint density at radius 1 is 0.860 bits per heavy atom. The number of rotatable bonds is 14. The summed E-state index contributed by atoms with van der Waals surface area (Å²) >= 11 is 0. The van der Waals surface area contributed by atoms with Gasteiger partial charge in [0, 0.05) is 35.3 Å². The van der Waals surface area contributed by atoms with Gasteiger partial charge in [0.05, 0.1) is 13.7 Å². The molecule has 222 valence electrons. The minimum atomic E-state index is -0.714. The summed E-state index contributed by atoms with van der Waals surface area (Å²) in [6.07, 6.45) is 1.59. The summed E-state index contributed by atoms with van der Waals surface area (Å²) < 4.78 is 11.1. The number of carbonyl (C=O) groups is 3. The summed E-state index contributed by atoms with van der Waals surface area (Å²) in [4.78, 5) is 40.5. The number of nitrogens with zero attached hydrogens (tertiary/aromatic N) is 1. The number of anilines is 2. The number of nitrogens with one attached hydrogen (secondary N) is 1. The lowest BCUT2D eigenvalue weighted by atomic mass is 10.00. The Balaban J connectivity index is 1.41. The van der Waals surface area contributed by atoms with Crippen LogP contribution in [0.2, 0.25) is 0 Å². The highest BCUT2D eigenvalue weighted by molar-refractivity contribution is 6.12. The van der Waals surface area contributed by atoms with Crippen molar-refractivity contribution in [3.05, 3.63) is 125 Å². The van der Waals surface area contributed by atoms with Crippen molar-refractivity contribution in [1.29, 1.82) is 0 Å². The van der Waals surface area contributed by atoms with E-state index in [2.05, 4.69) is 5.32 Å². The Bertz CT molecular complexity index is 1520. The van der Waals surface area contributed by atoms with Gasteiger partial charge in [-0.15, -0.1) is 0 Å². The first-order chi connectivity index (χ1) is 20.9. The molecule has 1 atom stereocenters. The number of esters is 1. The molecule has 0 bridgehead atoms. The van der Waals surface area contributed by atoms with Crippen molar-refractivity contribution < 1.29 is 23.9 Å². The largest absolute Gasteiger partial charge is 0.492 e. The molecule has 0 spiro atoms. The van der Waals surface area contributed by atoms with Gasteiger partial charge in [0.15, 0.2) is 5.78 Å². The Kier molecular flexibility index (Phi) is 11.1. The van der Waals surface area contributed by atoms with Gasteiger partial charge in [-0.3, -0.25) is 9.59 Å². The van der Waals surface area contributed by atoms with E-state index in [9.17, 15) is 14.4 Å². The quantitative estimate of drug-likeness (QED) is 0.134. The lowest BCUT2D eigenvalue weighted by Gasteiger charge is -2.23. The van der Waals surface area contributed by atoms with E-state index in [0.717, 1.165) is 23.2 Å². The Morgan fingerprint density at radius 3 is 2.28 bits per heavy atom. The monoisotopic (exact) mass is 578 g/mol. The van der Waals surface area contributed by atoms with E-state index in [1.807, 2.05) is 86.6 Å². The van der Waals surface area contributed by atoms with Crippen molar-refractivity contribution in [2.45, 2.75) is 39.2 Å². The van der Waals surface area contributed by atoms with Gasteiger partial charge in [-0.25, -0.2) is 4.79 Å². The lowest BCUT2D eigenvalue weighted by Crippen LogP contribution is -2.34. The van der Waals surface area contributed by atoms with E-state index >= 15 is 0 Å². The molecular weight excluding hydrogens is 540 g/mol. The molecule has 0 radical (unpaired) electrons. The molecule has 0 fully saturated rings. The average molecular weight is 579 g/mol. The minimum absolute atomic E-state index is 0.0699. The number of benzene rings is 4. The Morgan fingerprint density at radius 2 is 1.58 bits per heavy atom. The normalized spacial score (nSPS) is 11.3. The highest BCUT2D eigenvalue weighted by Crippen LogP contribution is 2.23. The highest BCUT2D eigenvalue weighted by Gasteiger charge is 2.23. The zero-order chi connectivity index (χ0) is 30.6. The van der Waals surface area contributed by atoms with Crippen molar-refractivity contribution in [2.75, 3.05) is 30.5 Å². The van der Waals surface area contributed by atoms with Crippen molar-refractivity contribution >= 4 is 29.0 Å². The number of aryl methyl sites for hydroxylation is 1. The molecule has 4 aromatic carbocycles. The van der Waals surface area contributed by atoms with E-state index in [4.69, 9.17) is 9.47 Å². The molecule has 0 heterocycles. The van der Waals surface area contributed by atoms with Gasteiger partial charge in [-0.1, -0.05) is 73.7 Å². The molecule has 4 rings (SSSR count). The van der Waals surface area contributed by atoms with Crippen LogP contribution in [0.4, 0.5) is 11.4 Å². The summed E-state index contributed by atoms with van der Waals surface area (Å²) in [6, 6.07) is 30.9. The van der Waals surface area contributed by atoms with Crippen LogP contribution in [0.25, 0.3) is 0 Å². The number of hydrogen-bond donors (Lipinski definition) is 1. The van der Waals surface area contributed by atoms with Crippen LogP contribution in [-0.2, 0) is 20.7 Å². The van der Waals surface area contributed by atoms with Crippen LogP contribution in [0, 0.1) is 6.92 Å². The maximum absolute atomic E-state index is 13.2. The van der Waals surface area contributed by atoms with E-state index in [-0.39, 0.29) is 11.7 Å². The van der Waals surface area contributed by atoms with Gasteiger partial charge in [0.25, 0.3) is 0 Å². The van der Waals surface area contributed by atoms with Crippen LogP contribution in [0.5, 0.6) is 5.75 Å². The van der Waals surface area contributed by atoms with Gasteiger partial charge < -0.3 is 19.7 Å². The molecule has 1 amide bonds. The van der Waals surface area contributed by atoms with Crippen LogP contribution in [0.15, 0.2) is 103 Å². The number of methoxy groups -OCH3 is 1. The van der Waals surface area contributed by atoms with E-state index in [1.165, 1.54) is 7.11 Å². The zero-order valence-electron chi connectivity index (χ0n) is 24.9. The molecule has 0 unspecified atom stereocenters. The summed E-state index contributed by atoms with van der Waals surface area (Å²) in [6.45, 7) is 4.77. The second kappa shape index (κ2) is 15.4. The van der Waals surface area contributed by atoms with Crippen LogP contribution in [0.3, 0.4) is 0 Å². The molecule has 0 aromatic heterocycles. The predicted octanol–water partition coefficient (Wildman–Crippen LogP) is 6.63. The predicted molar refractivity (Wildman–Crippen MR) is 170 cm³/mol. The number of amides is 1. The third-order valence-electron chi connectivity index (χ3n) is 7.05. The summed E-state index contributed by atoms with van der Waals surface area (Å²) in [7, 11) is 1.35. The third kappa shape index (κ3) is 8.55. The van der Waals surface area contributed by atoms with E-state index in [1.54, 1.807) is 35.2 Å². The smallest absolute Gasteiger partial charge is 0.328 e. The molecule has 1 N–H and O–H groups in total. The lowest BCUT2D eigenvalue weighted by molar-refractivity contribution is -0.141. The standard InChI is InChI=1S/C36H38N2O5/c1-4-11-34(39)38(29-15-10-12-26(2)24-29)22-23-43-30-20-18-27(19-21-30)25-33(36(41)42-3)37-32-17-9-8-16-31(32)35(40)28-13-6-5-7-14-28/h5-10,12-21,24,33,37H,4,11,22-23,25H2,1-3H3/t33-/m0/s1. The van der Waals surface area contributed by atoms with E-state index < -0.39 is 12.0 Å². The topological polar surface area (TPSA) is 84.9 Å². The van der Waals surface area contributed by atoms with Crippen LogP contribution >= 0.6 is 0 Å². The van der Waals surface area contributed by atoms with Gasteiger partial charge >= 0.3 is 5.97 Å². The van der Waals surface area contributed by atoms with Crippen LogP contribution in [-0.4, -0.2) is 44.0 Å². The van der Waals surface area contributed by atoms with E-state index in [0.29, 0.717) is 48.6 Å². The first-order valence-electron chi connectivity index (χ1n) is 14.5. The number of hydrogen-bond acceptors (Lipinski definition) is 6. The molecule has 0 aliphatic carbocycles. The van der Waals surface area contributed by atoms with Gasteiger partial charge in [-0.2, -0.15) is 0 Å². The van der Waals surface area contributed by atoms with Crippen molar-refractivity contribution in [1.82, 2.24) is 0 Å². The number of carbonyl (C=O) groups excluding carboxylic acids is 3. The molecule has 4 aromatic rings. The second-order valence-electron chi connectivity index (χ2n) is 10.3. The van der Waals surface area contributed by atoms with Gasteiger partial charge in [-0.05, 0) is 60.9 Å². The van der Waals surface area contributed by atoms with Crippen molar-refractivity contribution in [3.63, 3.8) is 0 Å². The maximum Gasteiger partial charge on any atom is 0.328 e. The first kappa shape index (κ1) is 31.0. The third-order valence-corrected chi connectivity index (χ3v) is 7.05. The maximum atomic E-state index is 13.2. The van der Waals surface area contributed by atoms with Gasteiger partial charge in [0.2, 0.25) is 5.91 Å². The van der Waals surface area contributed by atoms with Crippen molar-refractivity contribution in [3.8, 4) is 5.75 Å². The average Bonchev–Trinajstić information content (AvgIpc) is 3.03. The molecule has 0 aliphatic rings. The molecule has 0 saturated carbocycles. The molecule has 43 heavy (non-hydrogen) atoms. The summed E-state index contributed by atoms with van der Waals surface area (Å²) in [5.74, 6) is 0.166. The SMILES string of the molecule is CCCC(=O)N(CCOc1ccc(C[C@H](Nc2ccccc2C(=O)c2ccccc2)C(=O)OC)cc1)c1cccc(C)c1. The fourth-order valence-corrected chi connectivity index (χ4v) is 4.83. The Hall–Kier alpha value is -4.91. The van der Waals surface area contributed by atoms with Crippen LogP contribution in [0.1, 0.15) is 46.8 Å². The second-order valence-corrected chi connectivity index (χ2v) is 10.3. The summed E-state index contributed by atoms with van der Waals surface area (Å²) in [5, 5.41) is 3.24. The molecular formula is C36H38N2O5. The number of para-hydroxylation sites is 1. The molecule has 0 aliphatic heterocycles. The molecule has 7 heteroatoms. The highest BCUT2D eigenvalue weighted by atomic mass is 16.5.